The first-order valence-corrected chi connectivity index (χ1v) is 6.37. The monoisotopic (exact) mass is 266 g/mol. The first-order valence-electron chi connectivity index (χ1n) is 5.49. The van der Waals surface area contributed by atoms with Crippen LogP contribution in [-0.4, -0.2) is 41.1 Å². The summed E-state index contributed by atoms with van der Waals surface area (Å²) in [6.45, 7) is 2.16. The maximum Gasteiger partial charge on any atom is 0.256 e. The fourth-order valence-corrected chi connectivity index (χ4v) is 2.13. The van der Waals surface area contributed by atoms with E-state index in [2.05, 4.69) is 4.98 Å². The molecule has 0 atom stereocenters. The van der Waals surface area contributed by atoms with Crippen molar-refractivity contribution in [3.8, 4) is 11.5 Å². The second kappa shape index (κ2) is 5.32. The first-order chi connectivity index (χ1) is 8.61. The molecule has 0 bridgehead atoms. The highest BCUT2D eigenvalue weighted by atomic mass is 32.1. The molecular formula is C12H14N2O3S. The van der Waals surface area contributed by atoms with Gasteiger partial charge in [-0.25, -0.2) is 4.98 Å². The van der Waals surface area contributed by atoms with Crippen molar-refractivity contribution in [1.29, 1.82) is 0 Å². The van der Waals surface area contributed by atoms with Gasteiger partial charge >= 0.3 is 0 Å². The van der Waals surface area contributed by atoms with Crippen molar-refractivity contribution < 1.29 is 14.3 Å². The zero-order valence-corrected chi connectivity index (χ0v) is 11.0. The van der Waals surface area contributed by atoms with Crippen molar-refractivity contribution in [1.82, 2.24) is 9.88 Å². The molecule has 0 fully saturated rings. The number of aliphatic hydroxyl groups excluding tert-OH is 1. The molecule has 0 unspecified atom stereocenters. The van der Waals surface area contributed by atoms with Gasteiger partial charge in [-0.05, 0) is 13.0 Å². The molecular weight excluding hydrogens is 252 g/mol. The standard InChI is InChI=1S/C12H14N2O3S/c1-8-13-10(7-18-8)11-5-9(6-17-11)12(16)14(2)3-4-15/h5-7,15H,3-4H2,1-2H3. The van der Waals surface area contributed by atoms with E-state index in [1.54, 1.807) is 13.1 Å². The fraction of sp³-hybridized carbons (Fsp3) is 0.333. The van der Waals surface area contributed by atoms with Crippen LogP contribution in [0.15, 0.2) is 22.1 Å². The summed E-state index contributed by atoms with van der Waals surface area (Å²) in [6.07, 6.45) is 1.42. The van der Waals surface area contributed by atoms with Crippen LogP contribution in [0.4, 0.5) is 0 Å². The lowest BCUT2D eigenvalue weighted by Crippen LogP contribution is -2.29. The van der Waals surface area contributed by atoms with Crippen molar-refractivity contribution in [3.63, 3.8) is 0 Å². The molecule has 6 heteroatoms. The van der Waals surface area contributed by atoms with Crippen molar-refractivity contribution in [2.75, 3.05) is 20.2 Å². The number of hydrogen-bond acceptors (Lipinski definition) is 5. The third-order valence-electron chi connectivity index (χ3n) is 2.50. The predicted octanol–water partition coefficient (Wildman–Crippen LogP) is 1.78. The number of likely N-dealkylation sites (N-methyl/N-ethyl adjacent to an activating group) is 1. The molecule has 96 valence electrons. The van der Waals surface area contributed by atoms with Gasteiger partial charge in [-0.2, -0.15) is 0 Å². The van der Waals surface area contributed by atoms with E-state index in [4.69, 9.17) is 9.52 Å². The first kappa shape index (κ1) is 12.8. The van der Waals surface area contributed by atoms with E-state index in [0.29, 0.717) is 17.9 Å². The third-order valence-corrected chi connectivity index (χ3v) is 3.27. The van der Waals surface area contributed by atoms with Gasteiger partial charge in [0.25, 0.3) is 5.91 Å². The van der Waals surface area contributed by atoms with Crippen molar-refractivity contribution in [2.45, 2.75) is 6.92 Å². The number of amides is 1. The zero-order chi connectivity index (χ0) is 13.1. The van der Waals surface area contributed by atoms with Crippen LogP contribution in [-0.2, 0) is 0 Å². The van der Waals surface area contributed by atoms with Crippen LogP contribution in [0.5, 0.6) is 0 Å². The van der Waals surface area contributed by atoms with Gasteiger partial charge in [0, 0.05) is 19.0 Å². The number of aliphatic hydroxyl groups is 1. The van der Waals surface area contributed by atoms with Crippen LogP contribution in [0.1, 0.15) is 15.4 Å². The Kier molecular flexibility index (Phi) is 3.78. The Labute approximate surface area is 109 Å². The zero-order valence-electron chi connectivity index (χ0n) is 10.2. The number of rotatable bonds is 4. The number of hydrogen-bond donors (Lipinski definition) is 1. The highest BCUT2D eigenvalue weighted by Gasteiger charge is 2.16. The number of aromatic nitrogens is 1. The Hall–Kier alpha value is -1.66. The van der Waals surface area contributed by atoms with E-state index >= 15 is 0 Å². The van der Waals surface area contributed by atoms with Gasteiger partial charge < -0.3 is 14.4 Å². The van der Waals surface area contributed by atoms with E-state index in [0.717, 1.165) is 10.7 Å². The van der Waals surface area contributed by atoms with Crippen molar-refractivity contribution >= 4 is 17.2 Å². The van der Waals surface area contributed by atoms with Crippen LogP contribution >= 0.6 is 11.3 Å². The summed E-state index contributed by atoms with van der Waals surface area (Å²) in [4.78, 5) is 17.7. The molecule has 2 heterocycles. The highest BCUT2D eigenvalue weighted by molar-refractivity contribution is 7.09. The number of thiazole rings is 1. The summed E-state index contributed by atoms with van der Waals surface area (Å²) in [5.41, 5.74) is 1.20. The van der Waals surface area contributed by atoms with Gasteiger partial charge in [-0.3, -0.25) is 4.79 Å². The Morgan fingerprint density at radius 3 is 3.00 bits per heavy atom. The van der Waals surface area contributed by atoms with Crippen LogP contribution in [0.2, 0.25) is 0 Å². The molecule has 5 nitrogen and oxygen atoms in total. The molecule has 0 aliphatic heterocycles. The maximum absolute atomic E-state index is 11.9. The Morgan fingerprint density at radius 2 is 2.39 bits per heavy atom. The van der Waals surface area contributed by atoms with Gasteiger partial charge in [0.1, 0.15) is 12.0 Å². The molecule has 0 spiro atoms. The maximum atomic E-state index is 11.9. The quantitative estimate of drug-likeness (QED) is 0.916. The van der Waals surface area contributed by atoms with Crippen LogP contribution < -0.4 is 0 Å². The average Bonchev–Trinajstić information content (AvgIpc) is 2.96. The lowest BCUT2D eigenvalue weighted by atomic mass is 10.2. The van der Waals surface area contributed by atoms with E-state index in [9.17, 15) is 4.79 Å². The van der Waals surface area contributed by atoms with E-state index < -0.39 is 0 Å². The van der Waals surface area contributed by atoms with E-state index in [1.807, 2.05) is 12.3 Å². The molecule has 2 aromatic heterocycles. The Bertz CT molecular complexity index is 547. The topological polar surface area (TPSA) is 66.6 Å². The lowest BCUT2D eigenvalue weighted by Gasteiger charge is -2.13. The van der Waals surface area contributed by atoms with Gasteiger partial charge in [0.2, 0.25) is 0 Å². The molecule has 0 saturated heterocycles. The molecule has 0 aliphatic carbocycles. The molecule has 0 aromatic carbocycles. The van der Waals surface area contributed by atoms with Gasteiger partial charge in [0.05, 0.1) is 17.2 Å². The number of furan rings is 1. The number of aryl methyl sites for hydroxylation is 1. The summed E-state index contributed by atoms with van der Waals surface area (Å²) in [6, 6.07) is 1.67. The van der Waals surface area contributed by atoms with E-state index in [-0.39, 0.29) is 12.5 Å². The fourth-order valence-electron chi connectivity index (χ4n) is 1.53. The summed E-state index contributed by atoms with van der Waals surface area (Å²) in [5.74, 6) is 0.408. The smallest absolute Gasteiger partial charge is 0.256 e. The van der Waals surface area contributed by atoms with Gasteiger partial charge in [-0.1, -0.05) is 0 Å². The predicted molar refractivity (Wildman–Crippen MR) is 68.6 cm³/mol. The molecule has 1 amide bonds. The van der Waals surface area contributed by atoms with E-state index in [1.165, 1.54) is 22.5 Å². The summed E-state index contributed by atoms with van der Waals surface area (Å²) in [5, 5.41) is 11.6. The Morgan fingerprint density at radius 1 is 1.61 bits per heavy atom. The SMILES string of the molecule is Cc1nc(-c2cc(C(=O)N(C)CCO)co2)cs1. The van der Waals surface area contributed by atoms with Crippen LogP contribution in [0.25, 0.3) is 11.5 Å². The molecule has 18 heavy (non-hydrogen) atoms. The summed E-state index contributed by atoms with van der Waals surface area (Å²) < 4.78 is 5.35. The molecule has 2 rings (SSSR count). The lowest BCUT2D eigenvalue weighted by molar-refractivity contribution is 0.0766. The second-order valence-electron chi connectivity index (χ2n) is 3.90. The van der Waals surface area contributed by atoms with Crippen LogP contribution in [0, 0.1) is 6.92 Å². The van der Waals surface area contributed by atoms with Gasteiger partial charge in [0.15, 0.2) is 5.76 Å². The Balaban J connectivity index is 2.18. The minimum Gasteiger partial charge on any atom is -0.462 e. The molecule has 2 aromatic rings. The minimum absolute atomic E-state index is 0.0573. The average molecular weight is 266 g/mol. The molecule has 1 N–H and O–H groups in total. The van der Waals surface area contributed by atoms with Crippen molar-refractivity contribution in [3.05, 3.63) is 28.3 Å². The number of carbonyl (C=O) groups excluding carboxylic acids is 1. The molecule has 0 saturated carbocycles. The number of nitrogens with zero attached hydrogens (tertiary/aromatic N) is 2. The third kappa shape index (κ3) is 2.60. The van der Waals surface area contributed by atoms with Crippen LogP contribution in [0.3, 0.4) is 0 Å². The molecule has 0 aliphatic rings. The van der Waals surface area contributed by atoms with Crippen molar-refractivity contribution in [2.24, 2.45) is 0 Å². The number of carbonyl (C=O) groups is 1. The minimum atomic E-state index is -0.175. The normalized spacial score (nSPS) is 10.6. The largest absolute Gasteiger partial charge is 0.462 e. The second-order valence-corrected chi connectivity index (χ2v) is 4.96. The van der Waals surface area contributed by atoms with Gasteiger partial charge in [-0.15, -0.1) is 11.3 Å². The summed E-state index contributed by atoms with van der Waals surface area (Å²) in [7, 11) is 1.64. The molecule has 0 radical (unpaired) electrons. The highest BCUT2D eigenvalue weighted by Crippen LogP contribution is 2.24. The summed E-state index contributed by atoms with van der Waals surface area (Å²) >= 11 is 1.53.